The van der Waals surface area contributed by atoms with Crippen molar-refractivity contribution in [2.45, 2.75) is 262 Å². The van der Waals surface area contributed by atoms with Crippen LogP contribution in [0.15, 0.2) is 118 Å². The van der Waals surface area contributed by atoms with Crippen LogP contribution < -0.4 is 25.0 Å². The molecular weight excluding hydrogens is 1240 g/mol. The predicted octanol–water partition coefficient (Wildman–Crippen LogP) is 26.9. The summed E-state index contributed by atoms with van der Waals surface area (Å²) in [6.07, 6.45) is 18.0. The number of anilines is 3. The third-order valence-electron chi connectivity index (χ3n) is 18.3. The second-order valence-electron chi connectivity index (χ2n) is 34.2. The van der Waals surface area contributed by atoms with Gasteiger partial charge in [0.25, 0.3) is 5.69 Å². The Balaban J connectivity index is 0.000000622. The molecule has 6 atom stereocenters. The van der Waals surface area contributed by atoms with Gasteiger partial charge in [-0.2, -0.15) is 5.11 Å². The van der Waals surface area contributed by atoms with Crippen molar-refractivity contribution in [2.24, 2.45) is 77.6 Å². The number of nitrogens with zero attached hydrogens (tertiary/aromatic N) is 8. The first kappa shape index (κ1) is 87.3. The molecular formula is C85H137N9O6. The van der Waals surface area contributed by atoms with Crippen molar-refractivity contribution in [2.75, 3.05) is 54.9 Å². The lowest BCUT2D eigenvalue weighted by atomic mass is 9.83. The molecule has 0 heterocycles. The highest BCUT2D eigenvalue weighted by atomic mass is 16.6. The maximum absolute atomic E-state index is 12.0. The van der Waals surface area contributed by atoms with Gasteiger partial charge >= 0.3 is 5.69 Å². The number of hydrogen-bond acceptors (Lipinski definition) is 13. The van der Waals surface area contributed by atoms with E-state index < -0.39 is 21.2 Å². The highest BCUT2D eigenvalue weighted by Gasteiger charge is 2.25. The molecule has 0 amide bonds. The van der Waals surface area contributed by atoms with Crippen molar-refractivity contribution < 1.29 is 19.3 Å². The van der Waals surface area contributed by atoms with E-state index in [1.165, 1.54) is 86.2 Å². The van der Waals surface area contributed by atoms with Gasteiger partial charge in [0.1, 0.15) is 22.9 Å². The molecule has 0 aliphatic carbocycles. The first-order chi connectivity index (χ1) is 46.8. The van der Waals surface area contributed by atoms with E-state index in [9.17, 15) is 20.2 Å². The number of nitrogens with two attached hydrogens (primary N) is 1. The molecule has 15 nitrogen and oxygen atoms in total. The Morgan fingerprint density at radius 3 is 1.17 bits per heavy atom. The van der Waals surface area contributed by atoms with E-state index in [-0.39, 0.29) is 22.2 Å². The third kappa shape index (κ3) is 36.1. The Morgan fingerprint density at radius 1 is 0.450 bits per heavy atom. The van der Waals surface area contributed by atoms with Gasteiger partial charge in [-0.25, -0.2) is 0 Å². The van der Waals surface area contributed by atoms with Crippen molar-refractivity contribution in [3.63, 3.8) is 0 Å². The molecule has 6 unspecified atom stereocenters. The minimum absolute atomic E-state index is 0.126. The van der Waals surface area contributed by atoms with Gasteiger partial charge in [0.05, 0.1) is 34.8 Å². The molecule has 2 N–H and O–H groups in total. The zero-order valence-corrected chi connectivity index (χ0v) is 66.9. The van der Waals surface area contributed by atoms with Crippen LogP contribution >= 0.6 is 0 Å². The fourth-order valence-electron chi connectivity index (χ4n) is 13.5. The van der Waals surface area contributed by atoms with Gasteiger partial charge in [-0.15, -0.1) is 15.3 Å². The highest BCUT2D eigenvalue weighted by molar-refractivity contribution is 5.68. The van der Waals surface area contributed by atoms with Crippen LogP contribution in [-0.4, -0.2) is 49.2 Å². The Hall–Kier alpha value is -6.90. The summed E-state index contributed by atoms with van der Waals surface area (Å²) in [4.78, 5) is 27.2. The monoisotopic (exact) mass is 1380 g/mol. The van der Waals surface area contributed by atoms with Gasteiger partial charge in [0, 0.05) is 61.4 Å². The normalized spacial score (nSPS) is 13.9. The standard InChI is InChI=1S/C53H83N7O6.C25H45N.C7H9N/c1-14-18-20-41(16-3)36-65-50-33-48(57-55-46-25-23-44(59(61)62)31-49(46)60(63)64)51(66-37-42(17-4)21-19-15-2)32-47(50)56-54-45-24-22-43(30-40(45)7)58(28-26-38(5)34-52(8,9)10)29-27-39(6)35-53(11,12)13;1-20-11-10-12-23(17-20)26(15-13-21(2)18-24(4,5)6)16-14-22(3)19-25(7,8)9;1-6-3-2-4-7(8)5-6/h22-25,30-33,38-39,41-42H,14-21,26-29,34-37H2,1-13H3;10-12,17,21-22H,13-16,18-19H2,1-9H3;2-5H,8H2,1H3. The number of ether oxygens (including phenoxy) is 2. The summed E-state index contributed by atoms with van der Waals surface area (Å²) < 4.78 is 13.1. The van der Waals surface area contributed by atoms with Gasteiger partial charge < -0.3 is 25.0 Å². The van der Waals surface area contributed by atoms with Gasteiger partial charge in [-0.05, 0) is 207 Å². The zero-order chi connectivity index (χ0) is 75.0. The van der Waals surface area contributed by atoms with Crippen LogP contribution in [0.2, 0.25) is 0 Å². The Labute approximate surface area is 607 Å². The van der Waals surface area contributed by atoms with Crippen LogP contribution in [0.3, 0.4) is 0 Å². The quantitative estimate of drug-likeness (QED) is 0.0174. The van der Waals surface area contributed by atoms with Crippen LogP contribution in [0.5, 0.6) is 11.5 Å². The van der Waals surface area contributed by atoms with Crippen LogP contribution in [0.25, 0.3) is 0 Å². The molecule has 5 aromatic rings. The summed E-state index contributed by atoms with van der Waals surface area (Å²) in [6, 6.07) is 30.0. The Morgan fingerprint density at radius 2 is 0.830 bits per heavy atom. The summed E-state index contributed by atoms with van der Waals surface area (Å²) in [5.41, 5.74) is 14.3. The average molecular weight is 1380 g/mol. The van der Waals surface area contributed by atoms with Crippen molar-refractivity contribution in [3.05, 3.63) is 134 Å². The van der Waals surface area contributed by atoms with E-state index in [0.29, 0.717) is 64.9 Å². The number of aryl methyl sites for hydroxylation is 3. The predicted molar refractivity (Wildman–Crippen MR) is 426 cm³/mol. The molecule has 0 spiro atoms. The first-order valence-corrected chi connectivity index (χ1v) is 38.0. The van der Waals surface area contributed by atoms with Gasteiger partial charge in [0.15, 0.2) is 5.69 Å². The molecule has 558 valence electrons. The van der Waals surface area contributed by atoms with Crippen LogP contribution in [0.1, 0.15) is 258 Å². The molecule has 0 fully saturated rings. The average Bonchev–Trinajstić information content (AvgIpc) is 0.811. The van der Waals surface area contributed by atoms with Crippen LogP contribution in [0, 0.1) is 98.2 Å². The number of unbranched alkanes of at least 4 members (excludes halogenated alkanes) is 2. The number of nitro groups is 2. The maximum atomic E-state index is 12.0. The number of benzene rings is 5. The van der Waals surface area contributed by atoms with Gasteiger partial charge in [-0.3, -0.25) is 20.2 Å². The lowest BCUT2D eigenvalue weighted by molar-refractivity contribution is -0.393. The van der Waals surface area contributed by atoms with Crippen molar-refractivity contribution in [3.8, 4) is 11.5 Å². The third-order valence-corrected chi connectivity index (χ3v) is 18.3. The summed E-state index contributed by atoms with van der Waals surface area (Å²) in [7, 11) is 0. The largest absolute Gasteiger partial charge is 0.491 e. The number of nitro benzene ring substituents is 2. The minimum Gasteiger partial charge on any atom is -0.491 e. The van der Waals surface area contributed by atoms with E-state index >= 15 is 0 Å². The molecule has 0 aromatic heterocycles. The fraction of sp³-hybridized carbons (Fsp3) is 0.647. The van der Waals surface area contributed by atoms with E-state index in [4.69, 9.17) is 25.4 Å². The number of azo groups is 2. The second-order valence-corrected chi connectivity index (χ2v) is 34.2. The Bertz CT molecular complexity index is 3190. The number of nitrogen functional groups attached to an aromatic ring is 1. The second kappa shape index (κ2) is 43.1. The summed E-state index contributed by atoms with van der Waals surface area (Å²) >= 11 is 0. The first-order valence-electron chi connectivity index (χ1n) is 38.0. The van der Waals surface area contributed by atoms with Gasteiger partial charge in [0.2, 0.25) is 0 Å². The van der Waals surface area contributed by atoms with Crippen molar-refractivity contribution >= 4 is 51.2 Å². The maximum Gasteiger partial charge on any atom is 0.303 e. The summed E-state index contributed by atoms with van der Waals surface area (Å²) in [5.74, 6) is 4.17. The van der Waals surface area contributed by atoms with E-state index in [1.54, 1.807) is 12.1 Å². The van der Waals surface area contributed by atoms with E-state index in [2.05, 4.69) is 209 Å². The van der Waals surface area contributed by atoms with Gasteiger partial charge in [-0.1, -0.05) is 201 Å². The van der Waals surface area contributed by atoms with Crippen molar-refractivity contribution in [1.29, 1.82) is 0 Å². The highest BCUT2D eigenvalue weighted by Crippen LogP contribution is 2.44. The minimum atomic E-state index is -0.702. The topological polar surface area (TPSA) is 187 Å². The molecule has 0 aliphatic heterocycles. The molecule has 0 saturated carbocycles. The summed E-state index contributed by atoms with van der Waals surface area (Å²) in [6.45, 7) is 57.8. The zero-order valence-electron chi connectivity index (χ0n) is 66.9. The molecule has 100 heavy (non-hydrogen) atoms. The lowest BCUT2D eigenvalue weighted by Crippen LogP contribution is -2.29. The summed E-state index contributed by atoms with van der Waals surface area (Å²) in [5, 5.41) is 41.8. The molecule has 5 rings (SSSR count). The molecule has 0 aliphatic rings. The smallest absolute Gasteiger partial charge is 0.303 e. The molecule has 5 aromatic carbocycles. The van der Waals surface area contributed by atoms with Crippen LogP contribution in [0.4, 0.5) is 51.2 Å². The van der Waals surface area contributed by atoms with Crippen molar-refractivity contribution in [1.82, 2.24) is 0 Å². The lowest BCUT2D eigenvalue weighted by Gasteiger charge is -2.31. The molecule has 0 bridgehead atoms. The van der Waals surface area contributed by atoms with E-state index in [0.717, 1.165) is 112 Å². The number of hydrogen-bond donors (Lipinski definition) is 1. The SMILES string of the molecule is CCCCC(CC)COc1cc(N=Nc2ccc([N+](=O)[O-])cc2[N+](=O)[O-])c(OCC(CC)CCCC)cc1N=Nc1ccc(N(CCC(C)CC(C)(C)C)CCC(C)CC(C)(C)C)cc1C.Cc1cccc(N(CCC(C)CC(C)(C)C)CCC(C)CC(C)(C)C)c1.Cc1cccc(N)c1. The molecule has 15 heteroatoms. The van der Waals surface area contributed by atoms with Crippen LogP contribution in [-0.2, 0) is 0 Å². The molecule has 0 radical (unpaired) electrons. The molecule has 0 saturated heterocycles. The number of rotatable bonds is 38. The van der Waals surface area contributed by atoms with E-state index in [1.807, 2.05) is 37.3 Å². The number of non-ortho nitro benzene ring substituents is 1. The fourth-order valence-corrected chi connectivity index (χ4v) is 13.5. The Kier molecular flexibility index (Phi) is 37.7.